The lowest BCUT2D eigenvalue weighted by Gasteiger charge is -2.35. The number of carbonyl (C=O) groups excluding carboxylic acids is 1. The predicted octanol–water partition coefficient (Wildman–Crippen LogP) is 2.52. The van der Waals surface area contributed by atoms with Crippen LogP contribution in [-0.4, -0.2) is 40.1 Å². The molecule has 3 heterocycles. The highest BCUT2D eigenvalue weighted by atomic mass is 32.1. The molecule has 0 radical (unpaired) electrons. The number of amides is 1. The monoisotopic (exact) mass is 335 g/mol. The van der Waals surface area contributed by atoms with Crippen molar-refractivity contribution in [2.45, 2.75) is 13.0 Å². The van der Waals surface area contributed by atoms with Gasteiger partial charge in [0.1, 0.15) is 0 Å². The zero-order chi connectivity index (χ0) is 16.6. The van der Waals surface area contributed by atoms with Crippen LogP contribution in [0.5, 0.6) is 0 Å². The van der Waals surface area contributed by atoms with E-state index in [4.69, 9.17) is 4.74 Å². The molecule has 0 aliphatic carbocycles. The largest absolute Gasteiger partial charge is 0.377 e. The number of thiophene rings is 1. The molecule has 1 amide bonds. The summed E-state index contributed by atoms with van der Waals surface area (Å²) in [7, 11) is 1.92. The highest BCUT2D eigenvalue weighted by Gasteiger charge is 2.32. The molecule has 8 heteroatoms. The quantitative estimate of drug-likeness (QED) is 0.638. The smallest absolute Gasteiger partial charge is 0.283 e. The minimum Gasteiger partial charge on any atom is -0.377 e. The van der Waals surface area contributed by atoms with Gasteiger partial charge in [0.25, 0.3) is 11.6 Å². The third-order valence-corrected chi connectivity index (χ3v) is 5.04. The number of morpholine rings is 1. The van der Waals surface area contributed by atoms with Gasteiger partial charge in [0.2, 0.25) is 0 Å². The summed E-state index contributed by atoms with van der Waals surface area (Å²) in [5.74, 6) is -0.180. The van der Waals surface area contributed by atoms with E-state index < -0.39 is 4.92 Å². The van der Waals surface area contributed by atoms with Gasteiger partial charge < -0.3 is 14.2 Å². The minimum absolute atomic E-state index is 0.00188. The van der Waals surface area contributed by atoms with Crippen LogP contribution in [0.4, 0.5) is 5.69 Å². The molecule has 2 aromatic heterocycles. The lowest BCUT2D eigenvalue weighted by Crippen LogP contribution is -2.43. The van der Waals surface area contributed by atoms with Gasteiger partial charge in [-0.25, -0.2) is 0 Å². The second-order valence-electron chi connectivity index (χ2n) is 5.44. The normalized spacial score (nSPS) is 18.2. The molecule has 0 spiro atoms. The zero-order valence-electron chi connectivity index (χ0n) is 12.9. The summed E-state index contributed by atoms with van der Waals surface area (Å²) < 4.78 is 7.49. The number of nitro groups is 1. The van der Waals surface area contributed by atoms with Crippen LogP contribution in [0.25, 0.3) is 0 Å². The van der Waals surface area contributed by atoms with E-state index in [1.165, 1.54) is 17.4 Å². The lowest BCUT2D eigenvalue weighted by atomic mass is 10.1. The molecule has 1 aliphatic rings. The number of hydrogen-bond donors (Lipinski definition) is 0. The lowest BCUT2D eigenvalue weighted by molar-refractivity contribution is -0.385. The second-order valence-corrected chi connectivity index (χ2v) is 6.70. The van der Waals surface area contributed by atoms with E-state index in [0.717, 1.165) is 5.69 Å². The van der Waals surface area contributed by atoms with Crippen molar-refractivity contribution in [2.75, 3.05) is 19.8 Å². The molecule has 1 atom stereocenters. The van der Waals surface area contributed by atoms with E-state index in [1.54, 1.807) is 11.8 Å². The van der Waals surface area contributed by atoms with E-state index in [9.17, 15) is 14.9 Å². The average Bonchev–Trinajstić information content (AvgIpc) is 3.12. The predicted molar refractivity (Wildman–Crippen MR) is 85.7 cm³/mol. The summed E-state index contributed by atoms with van der Waals surface area (Å²) in [5, 5.41) is 11.0. The van der Waals surface area contributed by atoms with Gasteiger partial charge in [0, 0.05) is 31.5 Å². The first-order chi connectivity index (χ1) is 11.0. The summed E-state index contributed by atoms with van der Waals surface area (Å²) in [6.45, 7) is 3.03. The molecule has 0 N–H and O–H groups in total. The van der Waals surface area contributed by atoms with Gasteiger partial charge >= 0.3 is 0 Å². The van der Waals surface area contributed by atoms with E-state index in [1.807, 2.05) is 29.9 Å². The van der Waals surface area contributed by atoms with Gasteiger partial charge in [-0.1, -0.05) is 0 Å². The molecule has 1 aliphatic heterocycles. The van der Waals surface area contributed by atoms with Crippen molar-refractivity contribution in [3.63, 3.8) is 0 Å². The Morgan fingerprint density at radius 3 is 2.91 bits per heavy atom. The highest BCUT2D eigenvalue weighted by Crippen LogP contribution is 2.32. The Morgan fingerprint density at radius 1 is 1.52 bits per heavy atom. The van der Waals surface area contributed by atoms with Gasteiger partial charge in [0.15, 0.2) is 0 Å². The number of hydrogen-bond acceptors (Lipinski definition) is 5. The molecule has 122 valence electrons. The Balaban J connectivity index is 1.91. The maximum Gasteiger partial charge on any atom is 0.283 e. The molecular formula is C15H17N3O4S. The summed E-state index contributed by atoms with van der Waals surface area (Å²) in [5.41, 5.74) is 0.989. The third-order valence-electron chi connectivity index (χ3n) is 4.01. The number of ether oxygens (including phenoxy) is 1. The van der Waals surface area contributed by atoms with Crippen LogP contribution in [0.3, 0.4) is 0 Å². The van der Waals surface area contributed by atoms with Crippen LogP contribution < -0.4 is 0 Å². The number of carbonyl (C=O) groups is 1. The van der Waals surface area contributed by atoms with Gasteiger partial charge in [-0.2, -0.15) is 0 Å². The zero-order valence-corrected chi connectivity index (χ0v) is 13.7. The van der Waals surface area contributed by atoms with Crippen LogP contribution in [0, 0.1) is 17.0 Å². The molecule has 2 aromatic rings. The Kier molecular flexibility index (Phi) is 4.18. The van der Waals surface area contributed by atoms with Crippen LogP contribution in [-0.2, 0) is 11.8 Å². The fourth-order valence-electron chi connectivity index (χ4n) is 2.81. The van der Waals surface area contributed by atoms with Crippen molar-refractivity contribution < 1.29 is 14.5 Å². The Labute approximate surface area is 137 Å². The summed E-state index contributed by atoms with van der Waals surface area (Å²) >= 11 is 1.17. The summed E-state index contributed by atoms with van der Waals surface area (Å²) in [4.78, 5) is 26.1. The fourth-order valence-corrected chi connectivity index (χ4v) is 3.76. The molecule has 1 saturated heterocycles. The summed E-state index contributed by atoms with van der Waals surface area (Å²) in [6, 6.07) is 5.08. The van der Waals surface area contributed by atoms with Crippen molar-refractivity contribution in [3.05, 3.63) is 50.0 Å². The molecule has 0 bridgehead atoms. The van der Waals surface area contributed by atoms with E-state index in [2.05, 4.69) is 0 Å². The molecular weight excluding hydrogens is 318 g/mol. The van der Waals surface area contributed by atoms with Gasteiger partial charge in [-0.3, -0.25) is 14.9 Å². The molecule has 7 nitrogen and oxygen atoms in total. The van der Waals surface area contributed by atoms with E-state index >= 15 is 0 Å². The van der Waals surface area contributed by atoms with E-state index in [0.29, 0.717) is 29.5 Å². The Bertz CT molecular complexity index is 752. The number of rotatable bonds is 3. The van der Waals surface area contributed by atoms with Gasteiger partial charge in [0.05, 0.1) is 33.9 Å². The Morgan fingerprint density at radius 2 is 2.30 bits per heavy atom. The molecule has 0 aromatic carbocycles. The van der Waals surface area contributed by atoms with Crippen LogP contribution in [0.2, 0.25) is 0 Å². The molecule has 23 heavy (non-hydrogen) atoms. The van der Waals surface area contributed by atoms with Crippen LogP contribution in [0.1, 0.15) is 26.3 Å². The summed E-state index contributed by atoms with van der Waals surface area (Å²) in [6.07, 6.45) is 1.92. The molecule has 1 fully saturated rings. The van der Waals surface area contributed by atoms with E-state index in [-0.39, 0.29) is 17.6 Å². The minimum atomic E-state index is -0.448. The van der Waals surface area contributed by atoms with Crippen LogP contribution >= 0.6 is 11.3 Å². The van der Waals surface area contributed by atoms with Gasteiger partial charge in [-0.15, -0.1) is 11.3 Å². The third kappa shape index (κ3) is 2.87. The number of nitrogens with zero attached hydrogens (tertiary/aromatic N) is 3. The first-order valence-electron chi connectivity index (χ1n) is 7.24. The SMILES string of the molecule is Cc1sc(C(=O)N2CCOCC2c2cccn2C)cc1[N+](=O)[O-]. The number of aryl methyl sites for hydroxylation is 2. The molecule has 1 unspecified atom stereocenters. The number of aromatic nitrogens is 1. The maximum absolute atomic E-state index is 12.9. The maximum atomic E-state index is 12.9. The first kappa shape index (κ1) is 15.7. The van der Waals surface area contributed by atoms with Gasteiger partial charge in [-0.05, 0) is 19.1 Å². The fraction of sp³-hybridized carbons (Fsp3) is 0.400. The molecule has 3 rings (SSSR count). The topological polar surface area (TPSA) is 77.6 Å². The van der Waals surface area contributed by atoms with Crippen molar-refractivity contribution >= 4 is 22.9 Å². The average molecular weight is 335 g/mol. The molecule has 0 saturated carbocycles. The van der Waals surface area contributed by atoms with Crippen molar-refractivity contribution in [2.24, 2.45) is 7.05 Å². The first-order valence-corrected chi connectivity index (χ1v) is 8.05. The second kappa shape index (κ2) is 6.13. The Hall–Kier alpha value is -2.19. The van der Waals surface area contributed by atoms with Crippen molar-refractivity contribution in [1.82, 2.24) is 9.47 Å². The van der Waals surface area contributed by atoms with Crippen molar-refractivity contribution in [3.8, 4) is 0 Å². The van der Waals surface area contributed by atoms with Crippen LogP contribution in [0.15, 0.2) is 24.4 Å². The van der Waals surface area contributed by atoms with Crippen molar-refractivity contribution in [1.29, 1.82) is 0 Å². The standard InChI is InChI=1S/C15H17N3O4S/c1-10-12(18(20)21)8-14(23-10)15(19)17-6-7-22-9-13(17)11-4-3-5-16(11)2/h3-5,8,13H,6-7,9H2,1-2H3. The highest BCUT2D eigenvalue weighted by molar-refractivity contribution is 7.14.